The molecule has 1 nitrogen and oxygen atoms in total. The smallest absolute Gasteiger partial charge is 0.126 e. The van der Waals surface area contributed by atoms with Crippen LogP contribution in [0.1, 0.15) is 20.8 Å². The average molecular weight is 210 g/mol. The predicted molar refractivity (Wildman–Crippen MR) is 65.2 cm³/mol. The van der Waals surface area contributed by atoms with Crippen LogP contribution in [0.4, 0.5) is 0 Å². The van der Waals surface area contributed by atoms with E-state index in [-0.39, 0.29) is 7.92 Å². The molecule has 14 heavy (non-hydrogen) atoms. The molecule has 0 bridgehead atoms. The van der Waals surface area contributed by atoms with E-state index in [4.69, 9.17) is 4.74 Å². The van der Waals surface area contributed by atoms with Gasteiger partial charge in [-0.2, -0.15) is 0 Å². The second-order valence-electron chi connectivity index (χ2n) is 4.40. The van der Waals surface area contributed by atoms with Crippen LogP contribution in [0, 0.1) is 0 Å². The minimum Gasteiger partial charge on any atom is -0.496 e. The second-order valence-corrected chi connectivity index (χ2v) is 7.34. The molecule has 1 rings (SSSR count). The number of rotatable bonds is 2. The molecule has 0 aliphatic rings. The monoisotopic (exact) mass is 210 g/mol. The maximum atomic E-state index is 5.38. The third kappa shape index (κ3) is 2.48. The first kappa shape index (κ1) is 11.5. The molecular weight excluding hydrogens is 191 g/mol. The van der Waals surface area contributed by atoms with Crippen molar-refractivity contribution in [3.05, 3.63) is 24.3 Å². The highest BCUT2D eigenvalue weighted by molar-refractivity contribution is 7.66. The molecule has 0 radical (unpaired) electrons. The molecule has 1 aromatic rings. The van der Waals surface area contributed by atoms with E-state index in [9.17, 15) is 0 Å². The molecule has 0 unspecified atom stereocenters. The molecule has 0 aliphatic heterocycles. The predicted octanol–water partition coefficient (Wildman–Crippen LogP) is 3.23. The van der Waals surface area contributed by atoms with Crippen molar-refractivity contribution >= 4 is 13.2 Å². The standard InChI is InChI=1S/C12H19OP/c1-12(2,3)14(5)11-9-7-6-8-10(11)13-4/h6-9H,1-5H3/t14-/m0/s1. The summed E-state index contributed by atoms with van der Waals surface area (Å²) in [4.78, 5) is 0. The summed E-state index contributed by atoms with van der Waals surface area (Å²) in [7, 11) is 1.57. The summed E-state index contributed by atoms with van der Waals surface area (Å²) < 4.78 is 5.38. The van der Waals surface area contributed by atoms with E-state index in [1.54, 1.807) is 7.11 Å². The zero-order chi connectivity index (χ0) is 10.8. The fourth-order valence-corrected chi connectivity index (χ4v) is 2.80. The van der Waals surface area contributed by atoms with Gasteiger partial charge < -0.3 is 4.74 Å². The highest BCUT2D eigenvalue weighted by atomic mass is 31.1. The Morgan fingerprint density at radius 1 is 1.14 bits per heavy atom. The van der Waals surface area contributed by atoms with Gasteiger partial charge in [0.15, 0.2) is 0 Å². The van der Waals surface area contributed by atoms with Crippen molar-refractivity contribution in [3.8, 4) is 5.75 Å². The topological polar surface area (TPSA) is 9.23 Å². The van der Waals surface area contributed by atoms with Gasteiger partial charge in [-0.05, 0) is 17.9 Å². The van der Waals surface area contributed by atoms with Crippen molar-refractivity contribution in [1.82, 2.24) is 0 Å². The Kier molecular flexibility index (Phi) is 3.55. The molecule has 0 heterocycles. The summed E-state index contributed by atoms with van der Waals surface area (Å²) in [5.41, 5.74) is 0. The van der Waals surface area contributed by atoms with Gasteiger partial charge in [0.05, 0.1) is 7.11 Å². The average Bonchev–Trinajstić information content (AvgIpc) is 2.15. The van der Waals surface area contributed by atoms with E-state index >= 15 is 0 Å². The number of benzene rings is 1. The van der Waals surface area contributed by atoms with Crippen LogP contribution in [0.25, 0.3) is 0 Å². The highest BCUT2D eigenvalue weighted by Gasteiger charge is 2.23. The van der Waals surface area contributed by atoms with Gasteiger partial charge in [0.1, 0.15) is 5.75 Å². The first-order valence-corrected chi connectivity index (χ1v) is 6.62. The van der Waals surface area contributed by atoms with Gasteiger partial charge in [0.25, 0.3) is 0 Å². The zero-order valence-electron chi connectivity index (χ0n) is 9.66. The van der Waals surface area contributed by atoms with Gasteiger partial charge in [0, 0.05) is 5.30 Å². The molecule has 0 spiro atoms. The Morgan fingerprint density at radius 2 is 1.71 bits per heavy atom. The molecule has 0 amide bonds. The van der Waals surface area contributed by atoms with Crippen molar-refractivity contribution in [1.29, 1.82) is 0 Å². The molecule has 2 heteroatoms. The van der Waals surface area contributed by atoms with E-state index in [1.807, 2.05) is 12.1 Å². The molecule has 0 aromatic heterocycles. The van der Waals surface area contributed by atoms with Crippen LogP contribution < -0.4 is 10.0 Å². The molecule has 0 fully saturated rings. The minimum absolute atomic E-state index is 0.168. The normalized spacial score (nSPS) is 13.8. The van der Waals surface area contributed by atoms with Crippen molar-refractivity contribution in [2.45, 2.75) is 25.9 Å². The minimum atomic E-state index is -0.168. The SMILES string of the molecule is COc1ccccc1[P@](C)C(C)(C)C. The second kappa shape index (κ2) is 4.31. The third-order valence-corrected chi connectivity index (χ3v) is 5.56. The lowest BCUT2D eigenvalue weighted by Gasteiger charge is -2.29. The fraction of sp³-hybridized carbons (Fsp3) is 0.500. The summed E-state index contributed by atoms with van der Waals surface area (Å²) in [6.45, 7) is 9.16. The number of hydrogen-bond acceptors (Lipinski definition) is 1. The van der Waals surface area contributed by atoms with Crippen LogP contribution >= 0.6 is 7.92 Å². The first-order valence-electron chi connectivity index (χ1n) is 4.83. The van der Waals surface area contributed by atoms with E-state index in [0.29, 0.717) is 5.16 Å². The van der Waals surface area contributed by atoms with Crippen molar-refractivity contribution < 1.29 is 4.74 Å². The summed E-state index contributed by atoms with van der Waals surface area (Å²) in [5.74, 6) is 1.02. The van der Waals surface area contributed by atoms with Crippen molar-refractivity contribution in [2.75, 3.05) is 13.8 Å². The summed E-state index contributed by atoms with van der Waals surface area (Å²) >= 11 is 0. The molecule has 0 aliphatic carbocycles. The van der Waals surface area contributed by atoms with E-state index in [2.05, 4.69) is 39.6 Å². The van der Waals surface area contributed by atoms with Crippen LogP contribution in [0.5, 0.6) is 5.75 Å². The van der Waals surface area contributed by atoms with Crippen molar-refractivity contribution in [2.24, 2.45) is 0 Å². The lowest BCUT2D eigenvalue weighted by molar-refractivity contribution is 0.418. The van der Waals surface area contributed by atoms with Crippen LogP contribution in [-0.4, -0.2) is 18.9 Å². The molecule has 0 saturated carbocycles. The largest absolute Gasteiger partial charge is 0.496 e. The first-order chi connectivity index (χ1) is 6.46. The molecular formula is C12H19OP. The molecule has 78 valence electrons. The van der Waals surface area contributed by atoms with Gasteiger partial charge in [-0.25, -0.2) is 0 Å². The van der Waals surface area contributed by atoms with E-state index in [0.717, 1.165) is 5.75 Å². The molecule has 1 aromatic carbocycles. The molecule has 0 saturated heterocycles. The van der Waals surface area contributed by atoms with Gasteiger partial charge in [0.2, 0.25) is 0 Å². The highest BCUT2D eigenvalue weighted by Crippen LogP contribution is 2.46. The van der Waals surface area contributed by atoms with Gasteiger partial charge in [-0.1, -0.05) is 46.9 Å². The summed E-state index contributed by atoms with van der Waals surface area (Å²) in [5, 5.41) is 1.70. The molecule has 1 atom stereocenters. The maximum Gasteiger partial charge on any atom is 0.126 e. The third-order valence-electron chi connectivity index (χ3n) is 2.45. The number of ether oxygens (including phenoxy) is 1. The zero-order valence-corrected chi connectivity index (χ0v) is 10.6. The summed E-state index contributed by atoms with van der Waals surface area (Å²) in [6.07, 6.45) is 0. The lowest BCUT2D eigenvalue weighted by atomic mass is 10.3. The van der Waals surface area contributed by atoms with Gasteiger partial charge >= 0.3 is 0 Å². The Bertz CT molecular complexity index is 301. The van der Waals surface area contributed by atoms with Gasteiger partial charge in [-0.15, -0.1) is 0 Å². The Labute approximate surface area is 88.2 Å². The van der Waals surface area contributed by atoms with Crippen LogP contribution in [0.2, 0.25) is 0 Å². The number of para-hydroxylation sites is 1. The molecule has 0 N–H and O–H groups in total. The van der Waals surface area contributed by atoms with E-state index in [1.165, 1.54) is 5.30 Å². The van der Waals surface area contributed by atoms with E-state index < -0.39 is 0 Å². The lowest BCUT2D eigenvalue weighted by Crippen LogP contribution is -2.19. The fourth-order valence-electron chi connectivity index (χ4n) is 1.27. The van der Waals surface area contributed by atoms with Crippen molar-refractivity contribution in [3.63, 3.8) is 0 Å². The Hall–Kier alpha value is -0.550. The number of methoxy groups -OCH3 is 1. The van der Waals surface area contributed by atoms with Crippen LogP contribution in [0.15, 0.2) is 24.3 Å². The Balaban J connectivity index is 3.06. The Morgan fingerprint density at radius 3 is 2.21 bits per heavy atom. The summed E-state index contributed by atoms with van der Waals surface area (Å²) in [6, 6.07) is 8.33. The van der Waals surface area contributed by atoms with Crippen LogP contribution in [0.3, 0.4) is 0 Å². The quantitative estimate of drug-likeness (QED) is 0.681. The van der Waals surface area contributed by atoms with Gasteiger partial charge in [-0.3, -0.25) is 0 Å². The number of hydrogen-bond donors (Lipinski definition) is 0. The maximum absolute atomic E-state index is 5.38. The van der Waals surface area contributed by atoms with Crippen LogP contribution in [-0.2, 0) is 0 Å².